The Balaban J connectivity index is 2.52. The molecule has 7 heteroatoms. The zero-order valence-corrected chi connectivity index (χ0v) is 17.4. The maximum absolute atomic E-state index is 13.9. The third kappa shape index (κ3) is 5.45. The highest BCUT2D eigenvalue weighted by molar-refractivity contribution is 5.65. The van der Waals surface area contributed by atoms with Crippen molar-refractivity contribution < 1.29 is 23.0 Å². The number of hydrogen-bond donors (Lipinski definition) is 1. The van der Waals surface area contributed by atoms with E-state index in [1.54, 1.807) is 13.3 Å². The second-order valence-corrected chi connectivity index (χ2v) is 7.47. The molecular weight excluding hydrogens is 381 g/mol. The van der Waals surface area contributed by atoms with Crippen molar-refractivity contribution in [1.29, 1.82) is 0 Å². The Hall–Kier alpha value is -2.20. The molecule has 4 nitrogen and oxygen atoms in total. The van der Waals surface area contributed by atoms with Crippen LogP contribution in [0.4, 0.5) is 18.9 Å². The van der Waals surface area contributed by atoms with Crippen molar-refractivity contribution in [3.63, 3.8) is 0 Å². The Labute approximate surface area is 170 Å². The third-order valence-electron chi connectivity index (χ3n) is 5.27. The summed E-state index contributed by atoms with van der Waals surface area (Å²) in [5.41, 5.74) is -2.75. The van der Waals surface area contributed by atoms with Crippen molar-refractivity contribution in [3.05, 3.63) is 23.3 Å². The van der Waals surface area contributed by atoms with Crippen LogP contribution in [0.25, 0.3) is 0 Å². The quantitative estimate of drug-likeness (QED) is 0.424. The lowest BCUT2D eigenvalue weighted by atomic mass is 9.87. The fourth-order valence-corrected chi connectivity index (χ4v) is 3.25. The Morgan fingerprint density at radius 3 is 2.48 bits per heavy atom. The molecule has 0 amide bonds. The number of benzene rings is 1. The van der Waals surface area contributed by atoms with Crippen LogP contribution in [-0.2, 0) is 5.60 Å². The Morgan fingerprint density at radius 2 is 1.93 bits per heavy atom. The highest BCUT2D eigenvalue weighted by Crippen LogP contribution is 2.44. The topological polar surface area (TPSA) is 45.1 Å². The van der Waals surface area contributed by atoms with Gasteiger partial charge in [-0.2, -0.15) is 13.2 Å². The smallest absolute Gasteiger partial charge is 0.433 e. The number of aliphatic hydroxyl groups is 1. The highest BCUT2D eigenvalue weighted by atomic mass is 19.4. The zero-order chi connectivity index (χ0) is 21.7. The average Bonchev–Trinajstić information content (AvgIpc) is 2.70. The number of alkyl halides is 3. The normalized spacial score (nSPS) is 17.5. The molecule has 0 bridgehead atoms. The zero-order valence-electron chi connectivity index (χ0n) is 17.4. The summed E-state index contributed by atoms with van der Waals surface area (Å²) in [5.74, 6) is 4.62. The van der Waals surface area contributed by atoms with Crippen LogP contribution in [0.5, 0.6) is 5.75 Å². The van der Waals surface area contributed by atoms with Gasteiger partial charge < -0.3 is 14.7 Å². The van der Waals surface area contributed by atoms with Crippen molar-refractivity contribution in [2.45, 2.75) is 57.7 Å². The number of hydrogen-bond acceptors (Lipinski definition) is 3. The van der Waals surface area contributed by atoms with E-state index >= 15 is 0 Å². The van der Waals surface area contributed by atoms with Gasteiger partial charge in [0.25, 0.3) is 5.60 Å². The fraction of sp³-hybridized carbons (Fsp3) is 0.591. The van der Waals surface area contributed by atoms with E-state index in [9.17, 15) is 18.3 Å². The van der Waals surface area contributed by atoms with Gasteiger partial charge in [0.05, 0.1) is 19.1 Å². The SMILES string of the molecule is CCN(C)/C=N/c1cc(OC)c(C(O)(C#CC2CCCCC2)C(F)(F)F)cc1C. The van der Waals surface area contributed by atoms with Crippen LogP contribution in [0.3, 0.4) is 0 Å². The second-order valence-electron chi connectivity index (χ2n) is 7.47. The maximum Gasteiger partial charge on any atom is 0.433 e. The molecular formula is C22H29F3N2O2. The van der Waals surface area contributed by atoms with Crippen LogP contribution in [0, 0.1) is 24.7 Å². The highest BCUT2D eigenvalue weighted by Gasteiger charge is 2.56. The summed E-state index contributed by atoms with van der Waals surface area (Å²) in [6.45, 7) is 4.34. The van der Waals surface area contributed by atoms with Crippen molar-refractivity contribution in [1.82, 2.24) is 4.90 Å². The number of rotatable bonds is 5. The van der Waals surface area contributed by atoms with Crippen LogP contribution in [-0.4, -0.2) is 43.2 Å². The van der Waals surface area contributed by atoms with E-state index in [0.717, 1.165) is 38.6 Å². The molecule has 1 atom stereocenters. The molecule has 1 fully saturated rings. The first kappa shape index (κ1) is 23.1. The molecule has 1 aliphatic carbocycles. The number of ether oxygens (including phenoxy) is 1. The van der Waals surface area contributed by atoms with E-state index in [-0.39, 0.29) is 11.7 Å². The van der Waals surface area contributed by atoms with E-state index in [0.29, 0.717) is 11.3 Å². The molecule has 0 heterocycles. The standard InChI is InChI=1S/C22H29F3N2O2/c1-5-27(3)15-26-19-14-20(29-4)18(13-16(19)2)21(28,22(23,24)25)12-11-17-9-7-6-8-10-17/h13-15,17,28H,5-10H2,1-4H3/b26-15+. The first-order valence-corrected chi connectivity index (χ1v) is 9.87. The molecule has 1 aromatic carbocycles. The predicted octanol–water partition coefficient (Wildman–Crippen LogP) is 4.95. The number of aryl methyl sites for hydroxylation is 1. The first-order chi connectivity index (χ1) is 13.6. The van der Waals surface area contributed by atoms with E-state index in [2.05, 4.69) is 16.8 Å². The summed E-state index contributed by atoms with van der Waals surface area (Å²) in [4.78, 5) is 6.15. The Bertz CT molecular complexity index is 790. The molecule has 1 unspecified atom stereocenters. The predicted molar refractivity (Wildman–Crippen MR) is 108 cm³/mol. The van der Waals surface area contributed by atoms with E-state index < -0.39 is 17.3 Å². The Morgan fingerprint density at radius 1 is 1.28 bits per heavy atom. The van der Waals surface area contributed by atoms with Gasteiger partial charge >= 0.3 is 6.18 Å². The minimum absolute atomic E-state index is 0.0975. The molecule has 0 spiro atoms. The van der Waals surface area contributed by atoms with Gasteiger partial charge in [-0.3, -0.25) is 0 Å². The third-order valence-corrected chi connectivity index (χ3v) is 5.27. The molecule has 0 aromatic heterocycles. The Kier molecular flexibility index (Phi) is 7.59. The van der Waals surface area contributed by atoms with Gasteiger partial charge in [0, 0.05) is 31.1 Å². The maximum atomic E-state index is 13.9. The molecule has 1 aliphatic rings. The molecule has 160 valence electrons. The van der Waals surface area contributed by atoms with Gasteiger partial charge in [-0.15, -0.1) is 0 Å². The van der Waals surface area contributed by atoms with Gasteiger partial charge in [0.1, 0.15) is 5.75 Å². The van der Waals surface area contributed by atoms with Crippen molar-refractivity contribution in [3.8, 4) is 17.6 Å². The lowest BCUT2D eigenvalue weighted by Crippen LogP contribution is -2.41. The number of methoxy groups -OCH3 is 1. The molecule has 0 saturated heterocycles. The molecule has 1 N–H and O–H groups in total. The van der Waals surface area contributed by atoms with Gasteiger partial charge in [-0.1, -0.05) is 31.1 Å². The number of aliphatic imine (C=N–C) groups is 1. The van der Waals surface area contributed by atoms with Crippen LogP contribution < -0.4 is 4.74 Å². The van der Waals surface area contributed by atoms with E-state index in [1.165, 1.54) is 19.2 Å². The lowest BCUT2D eigenvalue weighted by Gasteiger charge is -2.28. The number of halogens is 3. The molecule has 0 radical (unpaired) electrons. The summed E-state index contributed by atoms with van der Waals surface area (Å²) >= 11 is 0. The minimum atomic E-state index is -4.97. The summed E-state index contributed by atoms with van der Waals surface area (Å²) in [6, 6.07) is 2.67. The van der Waals surface area contributed by atoms with Crippen LogP contribution in [0.2, 0.25) is 0 Å². The fourth-order valence-electron chi connectivity index (χ4n) is 3.25. The molecule has 1 aromatic rings. The first-order valence-electron chi connectivity index (χ1n) is 9.87. The van der Waals surface area contributed by atoms with E-state index in [1.807, 2.05) is 18.9 Å². The van der Waals surface area contributed by atoms with Gasteiger partial charge in [0.15, 0.2) is 0 Å². The number of nitrogens with zero attached hydrogens (tertiary/aromatic N) is 2. The van der Waals surface area contributed by atoms with Gasteiger partial charge in [-0.05, 0) is 38.3 Å². The van der Waals surface area contributed by atoms with Crippen molar-refractivity contribution in [2.75, 3.05) is 20.7 Å². The summed E-state index contributed by atoms with van der Waals surface area (Å²) in [7, 11) is 3.11. The second kappa shape index (κ2) is 9.53. The largest absolute Gasteiger partial charge is 0.496 e. The molecule has 29 heavy (non-hydrogen) atoms. The monoisotopic (exact) mass is 410 g/mol. The van der Waals surface area contributed by atoms with Crippen molar-refractivity contribution in [2.24, 2.45) is 10.9 Å². The van der Waals surface area contributed by atoms with Crippen LogP contribution in [0.15, 0.2) is 17.1 Å². The summed E-state index contributed by atoms with van der Waals surface area (Å²) in [5, 5.41) is 10.7. The minimum Gasteiger partial charge on any atom is -0.496 e. The molecule has 2 rings (SSSR count). The van der Waals surface area contributed by atoms with Crippen LogP contribution in [0.1, 0.15) is 50.2 Å². The molecule has 0 aliphatic heterocycles. The van der Waals surface area contributed by atoms with Gasteiger partial charge in [-0.25, -0.2) is 4.99 Å². The van der Waals surface area contributed by atoms with E-state index in [4.69, 9.17) is 4.74 Å². The van der Waals surface area contributed by atoms with Crippen LogP contribution >= 0.6 is 0 Å². The average molecular weight is 410 g/mol. The lowest BCUT2D eigenvalue weighted by molar-refractivity contribution is -0.241. The summed E-state index contributed by atoms with van der Waals surface area (Å²) in [6.07, 6.45) is 1.12. The van der Waals surface area contributed by atoms with Crippen molar-refractivity contribution >= 4 is 12.0 Å². The van der Waals surface area contributed by atoms with Gasteiger partial charge in [0.2, 0.25) is 0 Å². The molecule has 1 saturated carbocycles. The summed E-state index contributed by atoms with van der Waals surface area (Å²) < 4.78 is 47.0.